The van der Waals surface area contributed by atoms with Gasteiger partial charge in [0.1, 0.15) is 0 Å². The van der Waals surface area contributed by atoms with E-state index < -0.39 is 5.97 Å². The summed E-state index contributed by atoms with van der Waals surface area (Å²) >= 11 is 0. The molecule has 0 unspecified atom stereocenters. The number of aryl methyl sites for hydroxylation is 1. The van der Waals surface area contributed by atoms with Gasteiger partial charge in [0, 0.05) is 20.5 Å². The van der Waals surface area contributed by atoms with Gasteiger partial charge in [-0.2, -0.15) is 0 Å². The van der Waals surface area contributed by atoms with Crippen molar-refractivity contribution in [3.05, 3.63) is 35.4 Å². The Kier molecular flexibility index (Phi) is 5.71. The summed E-state index contributed by atoms with van der Waals surface area (Å²) in [5.41, 5.74) is 1.11. The second-order valence-corrected chi connectivity index (χ2v) is 4.43. The van der Waals surface area contributed by atoms with E-state index in [0.29, 0.717) is 6.42 Å². The first-order valence-corrected chi connectivity index (χ1v) is 6.21. The van der Waals surface area contributed by atoms with Crippen molar-refractivity contribution in [2.75, 3.05) is 20.6 Å². The monoisotopic (exact) mass is 278 g/mol. The Labute approximate surface area is 117 Å². The Bertz CT molecular complexity index is 496. The molecule has 0 saturated heterocycles. The summed E-state index contributed by atoms with van der Waals surface area (Å²) in [6, 6.07) is 6.40. The summed E-state index contributed by atoms with van der Waals surface area (Å²) in [6.45, 7) is 0.0350. The van der Waals surface area contributed by atoms with Gasteiger partial charge in [0.05, 0.1) is 12.1 Å². The fraction of sp³-hybridized carbons (Fsp3) is 0.357. The summed E-state index contributed by atoms with van der Waals surface area (Å²) in [5, 5.41) is 11.2. The van der Waals surface area contributed by atoms with E-state index in [2.05, 4.69) is 5.32 Å². The molecule has 0 spiro atoms. The predicted molar refractivity (Wildman–Crippen MR) is 73.4 cm³/mol. The molecule has 6 nitrogen and oxygen atoms in total. The number of hydrogen-bond donors (Lipinski definition) is 2. The molecule has 6 heteroatoms. The van der Waals surface area contributed by atoms with Crippen LogP contribution in [0.3, 0.4) is 0 Å². The second-order valence-electron chi connectivity index (χ2n) is 4.43. The van der Waals surface area contributed by atoms with Crippen LogP contribution in [0.1, 0.15) is 22.3 Å². The van der Waals surface area contributed by atoms with Crippen LogP contribution in [0.5, 0.6) is 0 Å². The van der Waals surface area contributed by atoms with Crippen LogP contribution < -0.4 is 5.32 Å². The highest BCUT2D eigenvalue weighted by Gasteiger charge is 2.12. The highest BCUT2D eigenvalue weighted by atomic mass is 16.4. The molecule has 1 aromatic carbocycles. The zero-order valence-electron chi connectivity index (χ0n) is 11.5. The number of hydrogen-bond acceptors (Lipinski definition) is 3. The number of nitrogens with one attached hydrogen (secondary N) is 1. The fourth-order valence-corrected chi connectivity index (χ4v) is 1.64. The van der Waals surface area contributed by atoms with Crippen LogP contribution in [0.4, 0.5) is 0 Å². The number of carbonyl (C=O) groups is 3. The number of likely N-dealkylation sites (N-methyl/N-ethyl adjacent to an activating group) is 2. The number of nitrogens with zero attached hydrogens (tertiary/aromatic N) is 1. The molecule has 1 rings (SSSR count). The molecule has 0 aromatic heterocycles. The number of carboxylic acid groups (broad SMARTS) is 1. The molecule has 0 fully saturated rings. The molecule has 1 aromatic rings. The number of carbonyl (C=O) groups excluding carboxylic acids is 2. The highest BCUT2D eigenvalue weighted by Crippen LogP contribution is 2.07. The molecule has 0 aliphatic rings. The lowest BCUT2D eigenvalue weighted by molar-refractivity contribution is -0.134. The number of rotatable bonds is 6. The summed E-state index contributed by atoms with van der Waals surface area (Å²) in [4.78, 5) is 35.0. The minimum atomic E-state index is -0.974. The summed E-state index contributed by atoms with van der Waals surface area (Å²) in [6.07, 6.45) is 0.788. The maximum Gasteiger partial charge on any atom is 0.335 e. The molecule has 0 aliphatic carbocycles. The number of benzene rings is 1. The average Bonchev–Trinajstić information content (AvgIpc) is 2.44. The van der Waals surface area contributed by atoms with Crippen LogP contribution in [-0.4, -0.2) is 48.4 Å². The van der Waals surface area contributed by atoms with Crippen molar-refractivity contribution in [3.63, 3.8) is 0 Å². The number of carboxylic acids is 1. The van der Waals surface area contributed by atoms with Crippen LogP contribution in [0.15, 0.2) is 24.3 Å². The molecule has 108 valence electrons. The van der Waals surface area contributed by atoms with Gasteiger partial charge in [0.2, 0.25) is 11.8 Å². The lowest BCUT2D eigenvalue weighted by Gasteiger charge is -2.15. The van der Waals surface area contributed by atoms with E-state index in [0.717, 1.165) is 5.56 Å². The molecule has 0 radical (unpaired) electrons. The van der Waals surface area contributed by atoms with Gasteiger partial charge in [-0.25, -0.2) is 4.79 Å². The van der Waals surface area contributed by atoms with Crippen molar-refractivity contribution in [1.29, 1.82) is 0 Å². The van der Waals surface area contributed by atoms with Crippen LogP contribution in [0.2, 0.25) is 0 Å². The van der Waals surface area contributed by atoms with Crippen LogP contribution in [0.25, 0.3) is 0 Å². The van der Waals surface area contributed by atoms with E-state index in [-0.39, 0.29) is 30.3 Å². The van der Waals surface area contributed by atoms with Gasteiger partial charge in [-0.1, -0.05) is 12.1 Å². The third kappa shape index (κ3) is 4.72. The van der Waals surface area contributed by atoms with Gasteiger partial charge < -0.3 is 15.3 Å². The van der Waals surface area contributed by atoms with Crippen molar-refractivity contribution >= 4 is 17.8 Å². The molecule has 0 heterocycles. The molecule has 0 bridgehead atoms. The highest BCUT2D eigenvalue weighted by molar-refractivity contribution is 5.87. The van der Waals surface area contributed by atoms with Crippen LogP contribution in [-0.2, 0) is 16.0 Å². The van der Waals surface area contributed by atoms with Gasteiger partial charge in [-0.05, 0) is 24.1 Å². The van der Waals surface area contributed by atoms with Crippen LogP contribution >= 0.6 is 0 Å². The van der Waals surface area contributed by atoms with E-state index in [1.807, 2.05) is 0 Å². The van der Waals surface area contributed by atoms with Gasteiger partial charge in [-0.15, -0.1) is 0 Å². The maximum absolute atomic E-state index is 11.8. The van der Waals surface area contributed by atoms with Crippen molar-refractivity contribution in [3.8, 4) is 0 Å². The number of amides is 2. The molecular formula is C14H18N2O4. The molecule has 0 aliphatic heterocycles. The Hall–Kier alpha value is -2.37. The average molecular weight is 278 g/mol. The van der Waals surface area contributed by atoms with E-state index >= 15 is 0 Å². The molecule has 2 N–H and O–H groups in total. The minimum absolute atomic E-state index is 0.0350. The fourth-order valence-electron chi connectivity index (χ4n) is 1.64. The summed E-state index contributed by atoms with van der Waals surface area (Å²) < 4.78 is 0. The lowest BCUT2D eigenvalue weighted by atomic mass is 10.1. The van der Waals surface area contributed by atoms with Gasteiger partial charge in [-0.3, -0.25) is 9.59 Å². The predicted octanol–water partition coefficient (Wildman–Crippen LogP) is 0.522. The first-order valence-electron chi connectivity index (χ1n) is 6.21. The van der Waals surface area contributed by atoms with Gasteiger partial charge >= 0.3 is 5.97 Å². The smallest absolute Gasteiger partial charge is 0.335 e. The van der Waals surface area contributed by atoms with Crippen molar-refractivity contribution in [2.45, 2.75) is 12.8 Å². The lowest BCUT2D eigenvalue weighted by Crippen LogP contribution is -2.36. The molecular weight excluding hydrogens is 260 g/mol. The topological polar surface area (TPSA) is 86.7 Å². The zero-order chi connectivity index (χ0) is 15.1. The Morgan fingerprint density at radius 3 is 2.30 bits per heavy atom. The van der Waals surface area contributed by atoms with E-state index in [1.54, 1.807) is 19.2 Å². The molecule has 2 amide bonds. The third-order valence-electron chi connectivity index (χ3n) is 2.91. The number of aromatic carboxylic acids is 1. The summed E-state index contributed by atoms with van der Waals surface area (Å²) in [5.74, 6) is -1.32. The van der Waals surface area contributed by atoms with Gasteiger partial charge in [0.25, 0.3) is 0 Å². The Morgan fingerprint density at radius 1 is 1.20 bits per heavy atom. The standard InChI is InChI=1S/C14H18N2O4/c1-15-12(17)9-16(2)13(18)8-5-10-3-6-11(7-4-10)14(19)20/h3-4,6-7H,5,8-9H2,1-2H3,(H,15,17)(H,19,20). The van der Waals surface area contributed by atoms with Crippen molar-refractivity contribution < 1.29 is 19.5 Å². The maximum atomic E-state index is 11.8. The first-order chi connectivity index (χ1) is 9.43. The molecule has 20 heavy (non-hydrogen) atoms. The molecule has 0 atom stereocenters. The van der Waals surface area contributed by atoms with E-state index in [4.69, 9.17) is 5.11 Å². The van der Waals surface area contributed by atoms with E-state index in [1.165, 1.54) is 24.1 Å². The normalized spacial score (nSPS) is 9.90. The van der Waals surface area contributed by atoms with Crippen molar-refractivity contribution in [2.24, 2.45) is 0 Å². The third-order valence-corrected chi connectivity index (χ3v) is 2.91. The quantitative estimate of drug-likeness (QED) is 0.794. The SMILES string of the molecule is CNC(=O)CN(C)C(=O)CCc1ccc(C(=O)O)cc1. The Morgan fingerprint density at radius 2 is 1.80 bits per heavy atom. The molecule has 0 saturated carbocycles. The van der Waals surface area contributed by atoms with Crippen molar-refractivity contribution in [1.82, 2.24) is 10.2 Å². The van der Waals surface area contributed by atoms with Crippen LogP contribution in [0, 0.1) is 0 Å². The van der Waals surface area contributed by atoms with E-state index in [9.17, 15) is 14.4 Å². The second kappa shape index (κ2) is 7.28. The largest absolute Gasteiger partial charge is 0.478 e. The Balaban J connectivity index is 2.48. The van der Waals surface area contributed by atoms with Gasteiger partial charge in [0.15, 0.2) is 0 Å². The summed E-state index contributed by atoms with van der Waals surface area (Å²) in [7, 11) is 3.09. The minimum Gasteiger partial charge on any atom is -0.478 e. The zero-order valence-corrected chi connectivity index (χ0v) is 11.5. The first kappa shape index (κ1) is 15.7.